The number of methoxy groups -OCH3 is 1. The summed E-state index contributed by atoms with van der Waals surface area (Å²) >= 11 is 0. The third-order valence-corrected chi connectivity index (χ3v) is 5.66. The number of carbonyl (C=O) groups is 3. The molecule has 1 aliphatic rings. The van der Waals surface area contributed by atoms with Gasteiger partial charge in [-0.25, -0.2) is 4.79 Å². The third-order valence-electron chi connectivity index (χ3n) is 5.66. The van der Waals surface area contributed by atoms with Crippen molar-refractivity contribution >= 4 is 29.2 Å². The van der Waals surface area contributed by atoms with E-state index in [2.05, 4.69) is 0 Å². The molecule has 0 aliphatic carbocycles. The van der Waals surface area contributed by atoms with Gasteiger partial charge in [0, 0.05) is 63.8 Å². The maximum atomic E-state index is 13.2. The molecule has 170 valence electrons. The van der Waals surface area contributed by atoms with Crippen LogP contribution in [0.4, 0.5) is 11.4 Å². The fourth-order valence-corrected chi connectivity index (χ4v) is 3.70. The molecule has 0 unspecified atom stereocenters. The van der Waals surface area contributed by atoms with Gasteiger partial charge in [-0.05, 0) is 48.5 Å². The van der Waals surface area contributed by atoms with Crippen LogP contribution in [0.1, 0.15) is 20.7 Å². The summed E-state index contributed by atoms with van der Waals surface area (Å²) in [6, 6.07) is 13.6. The van der Waals surface area contributed by atoms with Crippen LogP contribution in [0.15, 0.2) is 48.5 Å². The lowest BCUT2D eigenvalue weighted by atomic mass is 10.1. The second-order valence-electron chi connectivity index (χ2n) is 8.17. The predicted octanol–water partition coefficient (Wildman–Crippen LogP) is 1.96. The smallest absolute Gasteiger partial charge is 0.330 e. The van der Waals surface area contributed by atoms with Gasteiger partial charge in [0.2, 0.25) is 0 Å². The number of hydrogen-bond acceptors (Lipinski definition) is 6. The Morgan fingerprint density at radius 3 is 1.69 bits per heavy atom. The third kappa shape index (κ3) is 4.85. The highest BCUT2D eigenvalue weighted by atomic mass is 16.5. The average molecular weight is 439 g/mol. The summed E-state index contributed by atoms with van der Waals surface area (Å²) in [5.41, 5.74) is 2.99. The van der Waals surface area contributed by atoms with Gasteiger partial charge in [-0.15, -0.1) is 0 Å². The van der Waals surface area contributed by atoms with Crippen molar-refractivity contribution in [3.05, 3.63) is 59.7 Å². The highest BCUT2D eigenvalue weighted by molar-refractivity contribution is 5.99. The predicted molar refractivity (Wildman–Crippen MR) is 124 cm³/mol. The van der Waals surface area contributed by atoms with E-state index in [1.165, 1.54) is 12.0 Å². The molecule has 1 saturated heterocycles. The first kappa shape index (κ1) is 23.1. The monoisotopic (exact) mass is 438 g/mol. The zero-order chi connectivity index (χ0) is 23.4. The molecule has 1 atom stereocenters. The van der Waals surface area contributed by atoms with E-state index in [4.69, 9.17) is 4.74 Å². The van der Waals surface area contributed by atoms with E-state index in [0.29, 0.717) is 17.7 Å². The molecule has 1 aliphatic heterocycles. The van der Waals surface area contributed by atoms with Crippen LogP contribution in [0, 0.1) is 0 Å². The number of anilines is 2. The van der Waals surface area contributed by atoms with Crippen molar-refractivity contribution in [3.8, 4) is 0 Å². The maximum absolute atomic E-state index is 13.2. The Morgan fingerprint density at radius 2 is 1.25 bits per heavy atom. The van der Waals surface area contributed by atoms with Gasteiger partial charge in [0.05, 0.1) is 13.7 Å². The molecule has 8 heteroatoms. The van der Waals surface area contributed by atoms with Crippen LogP contribution in [-0.2, 0) is 9.53 Å². The van der Waals surface area contributed by atoms with Crippen molar-refractivity contribution in [1.29, 1.82) is 0 Å². The van der Waals surface area contributed by atoms with E-state index in [9.17, 15) is 14.4 Å². The van der Waals surface area contributed by atoms with Crippen molar-refractivity contribution in [2.45, 2.75) is 6.04 Å². The zero-order valence-electron chi connectivity index (χ0n) is 19.2. The fraction of sp³-hybridized carbons (Fsp3) is 0.375. The first-order valence-electron chi connectivity index (χ1n) is 10.5. The summed E-state index contributed by atoms with van der Waals surface area (Å²) < 4.78 is 4.95. The molecule has 0 bridgehead atoms. The first-order valence-corrected chi connectivity index (χ1v) is 10.5. The number of carbonyl (C=O) groups excluding carboxylic acids is 3. The van der Waals surface area contributed by atoms with Crippen molar-refractivity contribution < 1.29 is 19.1 Å². The Bertz CT molecular complexity index is 970. The molecule has 0 saturated carbocycles. The highest BCUT2D eigenvalue weighted by Crippen LogP contribution is 2.20. The molecule has 2 amide bonds. The number of piperazine rings is 1. The second kappa shape index (κ2) is 9.72. The maximum Gasteiger partial charge on any atom is 0.330 e. The van der Waals surface area contributed by atoms with Gasteiger partial charge >= 0.3 is 5.97 Å². The van der Waals surface area contributed by atoms with E-state index in [0.717, 1.165) is 11.4 Å². The normalized spacial score (nSPS) is 15.8. The van der Waals surface area contributed by atoms with E-state index >= 15 is 0 Å². The van der Waals surface area contributed by atoms with Gasteiger partial charge in [-0.3, -0.25) is 9.59 Å². The minimum atomic E-state index is -0.861. The van der Waals surface area contributed by atoms with Crippen LogP contribution in [0.5, 0.6) is 0 Å². The molecule has 32 heavy (non-hydrogen) atoms. The van der Waals surface area contributed by atoms with E-state index < -0.39 is 12.0 Å². The minimum Gasteiger partial charge on any atom is -0.467 e. The van der Waals surface area contributed by atoms with Crippen molar-refractivity contribution in [2.75, 3.05) is 64.7 Å². The summed E-state index contributed by atoms with van der Waals surface area (Å²) in [5, 5.41) is 0. The first-order chi connectivity index (χ1) is 15.2. The summed E-state index contributed by atoms with van der Waals surface area (Å²) in [4.78, 5) is 45.7. The lowest BCUT2D eigenvalue weighted by Gasteiger charge is -2.40. The van der Waals surface area contributed by atoms with Crippen LogP contribution >= 0.6 is 0 Å². The van der Waals surface area contributed by atoms with Gasteiger partial charge in [0.1, 0.15) is 6.04 Å². The van der Waals surface area contributed by atoms with Gasteiger partial charge in [0.25, 0.3) is 11.8 Å². The number of amides is 2. The van der Waals surface area contributed by atoms with E-state index in [1.54, 1.807) is 29.2 Å². The molecule has 2 aromatic carbocycles. The van der Waals surface area contributed by atoms with Crippen LogP contribution in [0.3, 0.4) is 0 Å². The molecular weight excluding hydrogens is 408 g/mol. The molecule has 8 nitrogen and oxygen atoms in total. The van der Waals surface area contributed by atoms with E-state index in [-0.39, 0.29) is 24.9 Å². The quantitative estimate of drug-likeness (QED) is 0.665. The van der Waals surface area contributed by atoms with Crippen LogP contribution in [0.25, 0.3) is 0 Å². The highest BCUT2D eigenvalue weighted by Gasteiger charge is 2.38. The number of ether oxygens (including phenoxy) is 1. The Hall–Kier alpha value is -3.55. The van der Waals surface area contributed by atoms with Gasteiger partial charge in [-0.1, -0.05) is 0 Å². The largest absolute Gasteiger partial charge is 0.467 e. The Morgan fingerprint density at radius 1 is 0.781 bits per heavy atom. The molecule has 2 aromatic rings. The van der Waals surface area contributed by atoms with Gasteiger partial charge in [-0.2, -0.15) is 0 Å². The minimum absolute atomic E-state index is 0.0858. The molecular formula is C24H30N4O4. The Balaban J connectivity index is 1.78. The number of esters is 1. The summed E-state index contributed by atoms with van der Waals surface area (Å²) in [6.07, 6.45) is 0. The van der Waals surface area contributed by atoms with Gasteiger partial charge < -0.3 is 24.3 Å². The lowest BCUT2D eigenvalue weighted by Crippen LogP contribution is -2.59. The van der Waals surface area contributed by atoms with Gasteiger partial charge in [0.15, 0.2) is 0 Å². The molecule has 0 aromatic heterocycles. The number of rotatable bonds is 5. The molecule has 0 spiro atoms. The second-order valence-corrected chi connectivity index (χ2v) is 8.17. The van der Waals surface area contributed by atoms with Crippen molar-refractivity contribution in [3.63, 3.8) is 0 Å². The summed E-state index contributed by atoms with van der Waals surface area (Å²) in [6.45, 7) is 0.668. The summed E-state index contributed by atoms with van der Waals surface area (Å²) in [5.74, 6) is -0.969. The lowest BCUT2D eigenvalue weighted by molar-refractivity contribution is -0.147. The topological polar surface area (TPSA) is 73.4 Å². The average Bonchev–Trinajstić information content (AvgIpc) is 2.82. The summed E-state index contributed by atoms with van der Waals surface area (Å²) in [7, 11) is 9.00. The molecule has 3 rings (SSSR count). The van der Waals surface area contributed by atoms with Crippen LogP contribution < -0.4 is 9.80 Å². The SMILES string of the molecule is COC(=O)[C@H]1CN(C(=O)c2ccc(N(C)C)cc2)CCN1C(=O)c1ccc(N(C)C)cc1. The Labute approximate surface area is 188 Å². The number of nitrogens with zero attached hydrogens (tertiary/aromatic N) is 4. The van der Waals surface area contributed by atoms with Crippen LogP contribution in [-0.4, -0.2) is 88.6 Å². The van der Waals surface area contributed by atoms with Crippen molar-refractivity contribution in [2.24, 2.45) is 0 Å². The standard InChI is InChI=1S/C24H30N4O4/c1-25(2)19-10-6-17(7-11-19)22(29)27-14-15-28(21(16-27)24(31)32-5)23(30)18-8-12-20(13-9-18)26(3)4/h6-13,21H,14-16H2,1-5H3/t21-/m1/s1. The Kier molecular flexibility index (Phi) is 7.02. The zero-order valence-corrected chi connectivity index (χ0v) is 19.2. The fourth-order valence-electron chi connectivity index (χ4n) is 3.70. The molecule has 0 radical (unpaired) electrons. The molecule has 1 heterocycles. The van der Waals surface area contributed by atoms with Crippen molar-refractivity contribution in [1.82, 2.24) is 9.80 Å². The number of hydrogen-bond donors (Lipinski definition) is 0. The number of benzene rings is 2. The van der Waals surface area contributed by atoms with Crippen LogP contribution in [0.2, 0.25) is 0 Å². The molecule has 1 fully saturated rings. The molecule has 0 N–H and O–H groups in total. The van der Waals surface area contributed by atoms with E-state index in [1.807, 2.05) is 62.3 Å².